The molecule has 1 amide bonds. The highest BCUT2D eigenvalue weighted by Gasteiger charge is 2.10. The first-order valence-electron chi connectivity index (χ1n) is 6.38. The summed E-state index contributed by atoms with van der Waals surface area (Å²) < 4.78 is 0. The van der Waals surface area contributed by atoms with E-state index < -0.39 is 0 Å². The van der Waals surface area contributed by atoms with Gasteiger partial charge in [0.25, 0.3) is 5.91 Å². The number of aromatic amines is 1. The van der Waals surface area contributed by atoms with Gasteiger partial charge in [-0.3, -0.25) is 4.79 Å². The van der Waals surface area contributed by atoms with Gasteiger partial charge in [-0.05, 0) is 25.6 Å². The maximum Gasteiger partial charge on any atom is 0.253 e. The SMILES string of the molecule is CCNCCCNC(=O)c1c[nH]c2ccccc12. The molecule has 96 valence electrons. The third-order valence-electron chi connectivity index (χ3n) is 2.90. The van der Waals surface area contributed by atoms with E-state index in [1.807, 2.05) is 24.3 Å². The Labute approximate surface area is 107 Å². The molecule has 0 unspecified atom stereocenters. The van der Waals surface area contributed by atoms with Crippen LogP contribution in [0.3, 0.4) is 0 Å². The Balaban J connectivity index is 1.93. The van der Waals surface area contributed by atoms with E-state index in [0.717, 1.165) is 30.4 Å². The summed E-state index contributed by atoms with van der Waals surface area (Å²) in [6, 6.07) is 7.83. The van der Waals surface area contributed by atoms with E-state index in [9.17, 15) is 4.79 Å². The van der Waals surface area contributed by atoms with Crippen LogP contribution in [-0.2, 0) is 0 Å². The highest BCUT2D eigenvalue weighted by Crippen LogP contribution is 2.17. The number of benzene rings is 1. The van der Waals surface area contributed by atoms with E-state index in [1.165, 1.54) is 0 Å². The van der Waals surface area contributed by atoms with Crippen molar-refractivity contribution in [2.75, 3.05) is 19.6 Å². The number of carbonyl (C=O) groups excluding carboxylic acids is 1. The number of carbonyl (C=O) groups is 1. The molecule has 18 heavy (non-hydrogen) atoms. The summed E-state index contributed by atoms with van der Waals surface area (Å²) in [4.78, 5) is 15.1. The fourth-order valence-electron chi connectivity index (χ4n) is 1.95. The molecule has 0 spiro atoms. The van der Waals surface area contributed by atoms with Gasteiger partial charge in [0, 0.05) is 23.6 Å². The molecule has 4 heteroatoms. The molecule has 1 aromatic heterocycles. The summed E-state index contributed by atoms with van der Waals surface area (Å²) in [5.41, 5.74) is 1.71. The van der Waals surface area contributed by atoms with Crippen LogP contribution in [0.2, 0.25) is 0 Å². The van der Waals surface area contributed by atoms with E-state index in [-0.39, 0.29) is 5.91 Å². The number of hydrogen-bond donors (Lipinski definition) is 3. The molecule has 3 N–H and O–H groups in total. The van der Waals surface area contributed by atoms with E-state index in [2.05, 4.69) is 22.5 Å². The minimum atomic E-state index is -0.0102. The molecule has 1 aromatic carbocycles. The molecular formula is C14H19N3O. The zero-order valence-corrected chi connectivity index (χ0v) is 10.6. The van der Waals surface area contributed by atoms with Gasteiger partial charge in [0.1, 0.15) is 0 Å². The molecule has 0 bridgehead atoms. The zero-order valence-electron chi connectivity index (χ0n) is 10.6. The predicted molar refractivity (Wildman–Crippen MR) is 73.8 cm³/mol. The van der Waals surface area contributed by atoms with Crippen LogP contribution < -0.4 is 10.6 Å². The van der Waals surface area contributed by atoms with E-state index in [1.54, 1.807) is 6.20 Å². The fraction of sp³-hybridized carbons (Fsp3) is 0.357. The van der Waals surface area contributed by atoms with Crippen LogP contribution in [-0.4, -0.2) is 30.5 Å². The first kappa shape index (κ1) is 12.6. The van der Waals surface area contributed by atoms with Crippen LogP contribution in [0, 0.1) is 0 Å². The van der Waals surface area contributed by atoms with Crippen LogP contribution in [0.1, 0.15) is 23.7 Å². The van der Waals surface area contributed by atoms with Crippen LogP contribution in [0.4, 0.5) is 0 Å². The Morgan fingerprint density at radius 2 is 2.11 bits per heavy atom. The number of fused-ring (bicyclic) bond motifs is 1. The first-order valence-corrected chi connectivity index (χ1v) is 6.38. The summed E-state index contributed by atoms with van der Waals surface area (Å²) in [7, 11) is 0. The van der Waals surface area contributed by atoms with E-state index in [4.69, 9.17) is 0 Å². The molecule has 1 heterocycles. The first-order chi connectivity index (χ1) is 8.83. The van der Waals surface area contributed by atoms with Gasteiger partial charge in [0.05, 0.1) is 5.56 Å². The summed E-state index contributed by atoms with van der Waals surface area (Å²) in [5.74, 6) is -0.0102. The highest BCUT2D eigenvalue weighted by molar-refractivity contribution is 6.06. The number of aromatic nitrogens is 1. The van der Waals surface area contributed by atoms with Crippen LogP contribution in [0.5, 0.6) is 0 Å². The number of amides is 1. The highest BCUT2D eigenvalue weighted by atomic mass is 16.1. The van der Waals surface area contributed by atoms with Crippen molar-refractivity contribution >= 4 is 16.8 Å². The third kappa shape index (κ3) is 2.90. The maximum atomic E-state index is 12.0. The quantitative estimate of drug-likeness (QED) is 0.681. The molecular weight excluding hydrogens is 226 g/mol. The second-order valence-corrected chi connectivity index (χ2v) is 4.21. The van der Waals surface area contributed by atoms with Crippen molar-refractivity contribution in [3.05, 3.63) is 36.0 Å². The average Bonchev–Trinajstić information content (AvgIpc) is 2.82. The smallest absolute Gasteiger partial charge is 0.253 e. The molecule has 0 aliphatic carbocycles. The van der Waals surface area contributed by atoms with Gasteiger partial charge in [0.2, 0.25) is 0 Å². The lowest BCUT2D eigenvalue weighted by Crippen LogP contribution is -2.27. The van der Waals surface area contributed by atoms with E-state index >= 15 is 0 Å². The lowest BCUT2D eigenvalue weighted by atomic mass is 10.1. The van der Waals surface area contributed by atoms with Gasteiger partial charge in [0.15, 0.2) is 0 Å². The van der Waals surface area contributed by atoms with Gasteiger partial charge < -0.3 is 15.6 Å². The second kappa shape index (κ2) is 6.21. The van der Waals surface area contributed by atoms with E-state index in [0.29, 0.717) is 12.1 Å². The zero-order chi connectivity index (χ0) is 12.8. The Kier molecular flexibility index (Phi) is 4.36. The van der Waals surface area contributed by atoms with Crippen molar-refractivity contribution in [1.82, 2.24) is 15.6 Å². The Hall–Kier alpha value is -1.81. The second-order valence-electron chi connectivity index (χ2n) is 4.21. The summed E-state index contributed by atoms with van der Waals surface area (Å²) in [6.07, 6.45) is 2.71. The summed E-state index contributed by atoms with van der Waals surface area (Å²) in [6.45, 7) is 4.68. The maximum absolute atomic E-state index is 12.0. The molecule has 0 aliphatic heterocycles. The molecule has 4 nitrogen and oxygen atoms in total. The van der Waals surface area contributed by atoms with Crippen molar-refractivity contribution in [2.45, 2.75) is 13.3 Å². The normalized spacial score (nSPS) is 10.7. The molecule has 2 rings (SSSR count). The van der Waals surface area contributed by atoms with Crippen LogP contribution in [0.15, 0.2) is 30.5 Å². The van der Waals surface area contributed by atoms with Crippen molar-refractivity contribution in [3.63, 3.8) is 0 Å². The molecule has 0 saturated heterocycles. The van der Waals surface area contributed by atoms with Gasteiger partial charge in [-0.1, -0.05) is 25.1 Å². The van der Waals surface area contributed by atoms with Gasteiger partial charge >= 0.3 is 0 Å². The predicted octanol–water partition coefficient (Wildman–Crippen LogP) is 1.90. The fourth-order valence-corrected chi connectivity index (χ4v) is 1.95. The van der Waals surface area contributed by atoms with Gasteiger partial charge in [-0.2, -0.15) is 0 Å². The van der Waals surface area contributed by atoms with Crippen molar-refractivity contribution in [1.29, 1.82) is 0 Å². The molecule has 2 aromatic rings. The Morgan fingerprint density at radius 1 is 1.28 bits per heavy atom. The van der Waals surface area contributed by atoms with Gasteiger partial charge in [-0.15, -0.1) is 0 Å². The average molecular weight is 245 g/mol. The largest absolute Gasteiger partial charge is 0.360 e. The number of para-hydroxylation sites is 1. The Bertz CT molecular complexity index is 518. The Morgan fingerprint density at radius 3 is 2.94 bits per heavy atom. The van der Waals surface area contributed by atoms with Crippen molar-refractivity contribution < 1.29 is 4.79 Å². The lowest BCUT2D eigenvalue weighted by molar-refractivity contribution is 0.0955. The standard InChI is InChI=1S/C14H19N3O/c1-2-15-8-5-9-16-14(18)12-10-17-13-7-4-3-6-11(12)13/h3-4,6-7,10,15,17H,2,5,8-9H2,1H3,(H,16,18). The number of hydrogen-bond acceptors (Lipinski definition) is 2. The molecule has 0 saturated carbocycles. The lowest BCUT2D eigenvalue weighted by Gasteiger charge is -2.04. The minimum Gasteiger partial charge on any atom is -0.360 e. The molecule has 0 aliphatic rings. The minimum absolute atomic E-state index is 0.0102. The van der Waals surface area contributed by atoms with Gasteiger partial charge in [-0.25, -0.2) is 0 Å². The molecule has 0 atom stereocenters. The number of H-pyrrole nitrogens is 1. The van der Waals surface area contributed by atoms with Crippen LogP contribution >= 0.6 is 0 Å². The molecule has 0 radical (unpaired) electrons. The van der Waals surface area contributed by atoms with Crippen molar-refractivity contribution in [3.8, 4) is 0 Å². The molecule has 0 fully saturated rings. The summed E-state index contributed by atoms with van der Waals surface area (Å²) >= 11 is 0. The van der Waals surface area contributed by atoms with Crippen LogP contribution in [0.25, 0.3) is 10.9 Å². The summed E-state index contributed by atoms with van der Waals surface area (Å²) in [5, 5.41) is 7.14. The topological polar surface area (TPSA) is 56.9 Å². The third-order valence-corrected chi connectivity index (χ3v) is 2.90. The number of rotatable bonds is 6. The number of nitrogens with one attached hydrogen (secondary N) is 3. The monoisotopic (exact) mass is 245 g/mol. The van der Waals surface area contributed by atoms with Crippen molar-refractivity contribution in [2.24, 2.45) is 0 Å².